The van der Waals surface area contributed by atoms with Crippen LogP contribution in [0.15, 0.2) is 36.4 Å². The van der Waals surface area contributed by atoms with Crippen LogP contribution in [0.2, 0.25) is 0 Å². The van der Waals surface area contributed by atoms with Gasteiger partial charge in [0.25, 0.3) is 5.91 Å². The van der Waals surface area contributed by atoms with Crippen molar-refractivity contribution in [2.75, 3.05) is 6.54 Å². The molecule has 1 aliphatic heterocycles. The number of nitrogens with one attached hydrogen (secondary N) is 2. The van der Waals surface area contributed by atoms with E-state index in [1.165, 1.54) is 6.07 Å². The quantitative estimate of drug-likeness (QED) is 0.501. The number of hydrogen-bond donors (Lipinski definition) is 4. The summed E-state index contributed by atoms with van der Waals surface area (Å²) in [6.07, 6.45) is 1.60. The van der Waals surface area contributed by atoms with Crippen molar-refractivity contribution < 1.29 is 19.1 Å². The van der Waals surface area contributed by atoms with Gasteiger partial charge in [-0.25, -0.2) is 14.7 Å². The molecule has 0 saturated heterocycles. The van der Waals surface area contributed by atoms with E-state index in [0.29, 0.717) is 39.8 Å². The molecule has 1 amide bonds. The number of aliphatic hydroxyl groups is 1. The lowest BCUT2D eigenvalue weighted by Crippen LogP contribution is -2.36. The first-order chi connectivity index (χ1) is 13.8. The van der Waals surface area contributed by atoms with Gasteiger partial charge in [-0.3, -0.25) is 4.79 Å². The number of halogens is 1. The molecule has 6 nitrogen and oxygen atoms in total. The molecule has 8 heteroatoms. The van der Waals surface area contributed by atoms with Crippen molar-refractivity contribution in [3.05, 3.63) is 58.9 Å². The molecular formula is C21H21BFN3O3. The summed E-state index contributed by atoms with van der Waals surface area (Å²) in [6.45, 7) is 2.52. The second-order valence-corrected chi connectivity index (χ2v) is 7.40. The van der Waals surface area contributed by atoms with E-state index in [0.717, 1.165) is 12.8 Å². The van der Waals surface area contributed by atoms with Gasteiger partial charge < -0.3 is 15.8 Å². The maximum Gasteiger partial charge on any atom is 0.275 e. The Morgan fingerprint density at radius 3 is 2.86 bits per heavy atom. The molecule has 2 atom stereocenters. The monoisotopic (exact) mass is 393 g/mol. The highest BCUT2D eigenvalue weighted by Crippen LogP contribution is 2.40. The molecule has 2 unspecified atom stereocenters. The van der Waals surface area contributed by atoms with E-state index in [2.05, 4.69) is 10.5 Å². The minimum absolute atomic E-state index is 0.0278. The lowest BCUT2D eigenvalue weighted by Gasteiger charge is -2.23. The van der Waals surface area contributed by atoms with Crippen LogP contribution in [0.25, 0.3) is 22.2 Å². The molecule has 2 aromatic carbocycles. The van der Waals surface area contributed by atoms with E-state index in [1.54, 1.807) is 30.3 Å². The molecule has 0 fully saturated rings. The molecular weight excluding hydrogens is 372 g/mol. The van der Waals surface area contributed by atoms with Crippen molar-refractivity contribution >= 4 is 24.7 Å². The van der Waals surface area contributed by atoms with E-state index in [1.807, 2.05) is 6.92 Å². The molecule has 1 aromatic heterocycles. The minimum atomic E-state index is -2.29. The fourth-order valence-electron chi connectivity index (χ4n) is 3.90. The van der Waals surface area contributed by atoms with Gasteiger partial charge in [0, 0.05) is 22.0 Å². The van der Waals surface area contributed by atoms with Gasteiger partial charge in [0.05, 0.1) is 11.3 Å². The van der Waals surface area contributed by atoms with Gasteiger partial charge in [-0.2, -0.15) is 0 Å². The largest absolute Gasteiger partial charge is 0.368 e. The third kappa shape index (κ3) is 3.33. The van der Waals surface area contributed by atoms with Gasteiger partial charge >= 0.3 is 0 Å². The fourth-order valence-corrected chi connectivity index (χ4v) is 3.90. The Bertz CT molecular complexity index is 1100. The number of hydroxylamine groups is 1. The zero-order valence-corrected chi connectivity index (χ0v) is 16.0. The summed E-state index contributed by atoms with van der Waals surface area (Å²) in [6, 6.07) is 9.93. The van der Waals surface area contributed by atoms with Crippen molar-refractivity contribution in [1.29, 1.82) is 0 Å². The number of nitrogens with two attached hydrogens (primary N) is 1. The summed E-state index contributed by atoms with van der Waals surface area (Å²) in [4.78, 5) is 20.5. The highest BCUT2D eigenvalue weighted by Gasteiger charge is 2.36. The van der Waals surface area contributed by atoms with Gasteiger partial charge in [0.15, 0.2) is 13.5 Å². The molecule has 0 bridgehead atoms. The Balaban J connectivity index is 1.87. The highest BCUT2D eigenvalue weighted by atomic mass is 19.1. The summed E-state index contributed by atoms with van der Waals surface area (Å²) in [7, 11) is 5.96. The van der Waals surface area contributed by atoms with E-state index in [-0.39, 0.29) is 17.3 Å². The highest BCUT2D eigenvalue weighted by molar-refractivity contribution is 6.19. The molecule has 0 aliphatic carbocycles. The van der Waals surface area contributed by atoms with Crippen LogP contribution in [0.3, 0.4) is 0 Å². The maximum absolute atomic E-state index is 14.9. The standard InChI is InChI=1S/C21H21BFN3O3/c1-11(4-3-9-24)13-8-7-12(10-15(13)23)19-18-17-14(5-2-6-16(17)25-19)20(27)26-29-21(18,22)28/h2,5-8,10-11,25,28H,3-4,9,24H2,1H3,(H,26,27). The smallest absolute Gasteiger partial charge is 0.275 e. The zero-order valence-electron chi connectivity index (χ0n) is 16.0. The number of hydrogen-bond acceptors (Lipinski definition) is 4. The number of H-pyrrole nitrogens is 1. The average molecular weight is 393 g/mol. The topological polar surface area (TPSA) is 100 Å². The van der Waals surface area contributed by atoms with E-state index >= 15 is 0 Å². The SMILES string of the molecule is [B]C1(O)ONC(=O)c2cccc3[nH]c(-c4ccc(C(C)CCCN)c(F)c4)c1c23. The lowest BCUT2D eigenvalue weighted by atomic mass is 9.83. The number of carbonyl (C=O) groups excluding carboxylic acids is 1. The number of carbonyl (C=O) groups is 1. The third-order valence-electron chi connectivity index (χ3n) is 5.39. The Kier molecular flexibility index (Phi) is 4.94. The molecule has 1 aliphatic rings. The molecule has 29 heavy (non-hydrogen) atoms. The van der Waals surface area contributed by atoms with Crippen LogP contribution in [0, 0.1) is 5.82 Å². The molecule has 4 rings (SSSR count). The van der Waals surface area contributed by atoms with Crippen molar-refractivity contribution in [3.8, 4) is 11.3 Å². The second-order valence-electron chi connectivity index (χ2n) is 7.40. The number of aromatic amines is 1. The molecule has 3 aromatic rings. The number of aromatic nitrogens is 1. The summed E-state index contributed by atoms with van der Waals surface area (Å²) < 4.78 is 14.9. The van der Waals surface area contributed by atoms with E-state index in [4.69, 9.17) is 18.4 Å². The maximum atomic E-state index is 14.9. The lowest BCUT2D eigenvalue weighted by molar-refractivity contribution is -0.174. The second kappa shape index (κ2) is 7.29. The Labute approximate surface area is 168 Å². The fraction of sp³-hybridized carbons (Fsp3) is 0.286. The first kappa shape index (κ1) is 19.6. The van der Waals surface area contributed by atoms with Crippen LogP contribution in [-0.4, -0.2) is 30.4 Å². The molecule has 0 saturated carbocycles. The van der Waals surface area contributed by atoms with Crippen LogP contribution in [0.5, 0.6) is 0 Å². The van der Waals surface area contributed by atoms with Crippen molar-refractivity contribution in [2.45, 2.75) is 31.4 Å². The van der Waals surface area contributed by atoms with Gasteiger partial charge in [-0.05, 0) is 49.1 Å². The van der Waals surface area contributed by atoms with Gasteiger partial charge in [0.2, 0.25) is 0 Å². The number of amides is 1. The number of rotatable bonds is 5. The van der Waals surface area contributed by atoms with Crippen molar-refractivity contribution in [2.24, 2.45) is 5.73 Å². The van der Waals surface area contributed by atoms with Gasteiger partial charge in [-0.15, -0.1) is 0 Å². The van der Waals surface area contributed by atoms with Crippen molar-refractivity contribution in [1.82, 2.24) is 10.5 Å². The van der Waals surface area contributed by atoms with Crippen LogP contribution in [0.1, 0.15) is 47.2 Å². The number of benzene rings is 2. The third-order valence-corrected chi connectivity index (χ3v) is 5.39. The predicted octanol–water partition coefficient (Wildman–Crippen LogP) is 2.76. The summed E-state index contributed by atoms with van der Waals surface area (Å²) >= 11 is 0. The predicted molar refractivity (Wildman–Crippen MR) is 109 cm³/mol. The van der Waals surface area contributed by atoms with E-state index in [9.17, 15) is 14.3 Å². The zero-order chi connectivity index (χ0) is 20.8. The first-order valence-electron chi connectivity index (χ1n) is 9.48. The van der Waals surface area contributed by atoms with Gasteiger partial charge in [-0.1, -0.05) is 25.1 Å². The Hall–Kier alpha value is -2.68. The summed E-state index contributed by atoms with van der Waals surface area (Å²) in [5, 5.41) is 11.1. The molecule has 148 valence electrons. The first-order valence-corrected chi connectivity index (χ1v) is 9.48. The van der Waals surface area contributed by atoms with Crippen molar-refractivity contribution in [3.63, 3.8) is 0 Å². The van der Waals surface area contributed by atoms with Crippen LogP contribution in [-0.2, 0) is 10.5 Å². The van der Waals surface area contributed by atoms with Crippen LogP contribution in [0.4, 0.5) is 4.39 Å². The normalized spacial score (nSPS) is 19.8. The van der Waals surface area contributed by atoms with E-state index < -0.39 is 11.6 Å². The Morgan fingerprint density at radius 2 is 2.14 bits per heavy atom. The minimum Gasteiger partial charge on any atom is -0.368 e. The molecule has 5 N–H and O–H groups in total. The van der Waals surface area contributed by atoms with Crippen LogP contribution < -0.4 is 11.2 Å². The molecule has 0 spiro atoms. The molecule has 2 heterocycles. The van der Waals surface area contributed by atoms with Gasteiger partial charge in [0.1, 0.15) is 5.82 Å². The molecule has 2 radical (unpaired) electrons. The summed E-state index contributed by atoms with van der Waals surface area (Å²) in [5.41, 5.74) is 7.93. The average Bonchev–Trinajstić information content (AvgIpc) is 3.06. The Morgan fingerprint density at radius 1 is 1.34 bits per heavy atom. The van der Waals surface area contributed by atoms with Crippen LogP contribution >= 0.6 is 0 Å². The summed E-state index contributed by atoms with van der Waals surface area (Å²) in [5.74, 6) is -0.860.